The van der Waals surface area contributed by atoms with E-state index in [0.29, 0.717) is 5.92 Å². The molecule has 1 aliphatic rings. The second-order valence-corrected chi connectivity index (χ2v) is 3.19. The summed E-state index contributed by atoms with van der Waals surface area (Å²) in [5, 5.41) is 0. The van der Waals surface area contributed by atoms with Crippen molar-refractivity contribution in [2.24, 2.45) is 11.7 Å². The van der Waals surface area contributed by atoms with Gasteiger partial charge in [0.15, 0.2) is 0 Å². The number of rotatable bonds is 3. The summed E-state index contributed by atoms with van der Waals surface area (Å²) in [6, 6.07) is 0. The number of ether oxygens (including phenoxy) is 1. The maximum atomic E-state index is 10.5. The van der Waals surface area contributed by atoms with Crippen LogP contribution < -0.4 is 5.73 Å². The Bertz CT molecular complexity index is 179. The first-order valence-electron chi connectivity index (χ1n) is 4.31. The Morgan fingerprint density at radius 3 is 3.00 bits per heavy atom. The molecular formula is C9H15NO2. The molecule has 0 aromatic heterocycles. The van der Waals surface area contributed by atoms with Crippen LogP contribution in [-0.4, -0.2) is 12.2 Å². The van der Waals surface area contributed by atoms with Gasteiger partial charge < -0.3 is 10.5 Å². The summed E-state index contributed by atoms with van der Waals surface area (Å²) < 4.78 is 4.97. The summed E-state index contributed by atoms with van der Waals surface area (Å²) >= 11 is 0. The van der Waals surface area contributed by atoms with E-state index in [1.807, 2.05) is 6.08 Å². The van der Waals surface area contributed by atoms with Crippen LogP contribution in [0.3, 0.4) is 0 Å². The van der Waals surface area contributed by atoms with E-state index in [1.54, 1.807) is 0 Å². The third-order valence-corrected chi connectivity index (χ3v) is 2.33. The summed E-state index contributed by atoms with van der Waals surface area (Å²) in [6.07, 6.45) is 5.34. The highest BCUT2D eigenvalue weighted by atomic mass is 16.6. The zero-order valence-electron chi connectivity index (χ0n) is 7.16. The molecule has 1 fully saturated rings. The van der Waals surface area contributed by atoms with Gasteiger partial charge in [-0.3, -0.25) is 0 Å². The Balaban J connectivity index is 2.40. The number of carbonyl (C=O) groups is 1. The van der Waals surface area contributed by atoms with E-state index in [9.17, 15) is 4.79 Å². The highest BCUT2D eigenvalue weighted by Crippen LogP contribution is 2.30. The van der Waals surface area contributed by atoms with Crippen LogP contribution in [0.2, 0.25) is 0 Å². The number of amides is 1. The van der Waals surface area contributed by atoms with Crippen LogP contribution >= 0.6 is 0 Å². The normalized spacial score (nSPS) is 28.3. The molecule has 0 heterocycles. The minimum absolute atomic E-state index is 0.0282. The van der Waals surface area contributed by atoms with Crippen molar-refractivity contribution < 1.29 is 9.53 Å². The number of allylic oxidation sites excluding steroid dienone is 1. The quantitative estimate of drug-likeness (QED) is 0.655. The molecular weight excluding hydrogens is 154 g/mol. The maximum absolute atomic E-state index is 10.5. The Morgan fingerprint density at radius 1 is 1.67 bits per heavy atom. The summed E-state index contributed by atoms with van der Waals surface area (Å²) in [5.41, 5.74) is 4.94. The van der Waals surface area contributed by atoms with Crippen LogP contribution in [0.25, 0.3) is 0 Å². The molecule has 0 spiro atoms. The molecule has 68 valence electrons. The third kappa shape index (κ3) is 2.26. The van der Waals surface area contributed by atoms with Crippen molar-refractivity contribution in [1.29, 1.82) is 0 Å². The van der Waals surface area contributed by atoms with E-state index < -0.39 is 6.09 Å². The van der Waals surface area contributed by atoms with E-state index in [4.69, 9.17) is 10.5 Å². The Morgan fingerprint density at radius 2 is 2.42 bits per heavy atom. The lowest BCUT2D eigenvalue weighted by molar-refractivity contribution is 0.0840. The molecule has 12 heavy (non-hydrogen) atoms. The molecule has 1 amide bonds. The summed E-state index contributed by atoms with van der Waals surface area (Å²) in [4.78, 5) is 10.5. The predicted octanol–water partition coefficient (Wildman–Crippen LogP) is 1.83. The van der Waals surface area contributed by atoms with Gasteiger partial charge in [0.2, 0.25) is 0 Å². The van der Waals surface area contributed by atoms with Crippen molar-refractivity contribution in [3.05, 3.63) is 12.7 Å². The van der Waals surface area contributed by atoms with Gasteiger partial charge in [-0.15, -0.1) is 6.58 Å². The van der Waals surface area contributed by atoms with Gasteiger partial charge >= 0.3 is 6.09 Å². The molecule has 3 nitrogen and oxygen atoms in total. The zero-order chi connectivity index (χ0) is 8.97. The van der Waals surface area contributed by atoms with E-state index in [2.05, 4.69) is 6.58 Å². The van der Waals surface area contributed by atoms with Crippen LogP contribution in [0.5, 0.6) is 0 Å². The molecule has 3 heteroatoms. The van der Waals surface area contributed by atoms with Crippen molar-refractivity contribution in [1.82, 2.24) is 0 Å². The Hall–Kier alpha value is -0.990. The summed E-state index contributed by atoms with van der Waals surface area (Å²) in [6.45, 7) is 3.67. The Kier molecular flexibility index (Phi) is 3.14. The molecule has 1 aliphatic carbocycles. The number of carbonyl (C=O) groups excluding carboxylic acids is 1. The first-order valence-corrected chi connectivity index (χ1v) is 4.31. The first kappa shape index (κ1) is 9.10. The van der Waals surface area contributed by atoms with Gasteiger partial charge in [-0.05, 0) is 31.6 Å². The van der Waals surface area contributed by atoms with Gasteiger partial charge in [-0.2, -0.15) is 0 Å². The molecule has 0 aromatic rings. The molecule has 0 saturated heterocycles. The van der Waals surface area contributed by atoms with Gasteiger partial charge in [-0.25, -0.2) is 4.79 Å². The summed E-state index contributed by atoms with van der Waals surface area (Å²) in [5.74, 6) is 0.440. The van der Waals surface area contributed by atoms with Crippen molar-refractivity contribution in [3.63, 3.8) is 0 Å². The standard InChI is InChI=1S/C9H15NO2/c1-2-4-7-5-3-6-8(7)12-9(10)11/h2,7-8H,1,3-6H2,(H2,10,11)/t7-,8?/m1/s1. The average Bonchev–Trinajstić information content (AvgIpc) is 2.37. The minimum Gasteiger partial charge on any atom is -0.446 e. The van der Waals surface area contributed by atoms with Gasteiger partial charge in [0.25, 0.3) is 0 Å². The second-order valence-electron chi connectivity index (χ2n) is 3.19. The van der Waals surface area contributed by atoms with Crippen LogP contribution in [-0.2, 0) is 4.74 Å². The lowest BCUT2D eigenvalue weighted by atomic mass is 10.0. The summed E-state index contributed by atoms with van der Waals surface area (Å²) in [7, 11) is 0. The fraction of sp³-hybridized carbons (Fsp3) is 0.667. The van der Waals surface area contributed by atoms with Crippen LogP contribution in [0.1, 0.15) is 25.7 Å². The number of nitrogens with two attached hydrogens (primary N) is 1. The van der Waals surface area contributed by atoms with Crippen LogP contribution in [0.15, 0.2) is 12.7 Å². The maximum Gasteiger partial charge on any atom is 0.404 e. The second kappa shape index (κ2) is 4.14. The van der Waals surface area contributed by atoms with E-state index in [-0.39, 0.29) is 6.10 Å². The van der Waals surface area contributed by atoms with Crippen molar-refractivity contribution in [2.75, 3.05) is 0 Å². The topological polar surface area (TPSA) is 52.3 Å². The molecule has 1 unspecified atom stereocenters. The van der Waals surface area contributed by atoms with Crippen molar-refractivity contribution in [3.8, 4) is 0 Å². The van der Waals surface area contributed by atoms with Gasteiger partial charge in [-0.1, -0.05) is 6.08 Å². The lowest BCUT2D eigenvalue weighted by Gasteiger charge is -2.16. The van der Waals surface area contributed by atoms with Gasteiger partial charge in [0, 0.05) is 0 Å². The number of hydrogen-bond acceptors (Lipinski definition) is 2. The Labute approximate surface area is 72.6 Å². The monoisotopic (exact) mass is 169 g/mol. The molecule has 0 aromatic carbocycles. The SMILES string of the molecule is C=CC[C@@H]1CCCC1OC(N)=O. The molecule has 1 rings (SSSR count). The average molecular weight is 169 g/mol. The fourth-order valence-electron chi connectivity index (χ4n) is 1.79. The third-order valence-electron chi connectivity index (χ3n) is 2.33. The smallest absolute Gasteiger partial charge is 0.404 e. The molecule has 2 atom stereocenters. The number of primary amides is 1. The molecule has 0 bridgehead atoms. The lowest BCUT2D eigenvalue weighted by Crippen LogP contribution is -2.25. The largest absolute Gasteiger partial charge is 0.446 e. The highest BCUT2D eigenvalue weighted by Gasteiger charge is 2.28. The molecule has 2 N–H and O–H groups in total. The first-order chi connectivity index (χ1) is 5.74. The van der Waals surface area contributed by atoms with Crippen molar-refractivity contribution in [2.45, 2.75) is 31.8 Å². The van der Waals surface area contributed by atoms with Crippen LogP contribution in [0, 0.1) is 5.92 Å². The van der Waals surface area contributed by atoms with E-state index in [1.165, 1.54) is 0 Å². The molecule has 1 saturated carbocycles. The van der Waals surface area contributed by atoms with Gasteiger partial charge in [0.1, 0.15) is 6.10 Å². The van der Waals surface area contributed by atoms with E-state index >= 15 is 0 Å². The molecule has 0 radical (unpaired) electrons. The zero-order valence-corrected chi connectivity index (χ0v) is 7.16. The minimum atomic E-state index is -0.657. The van der Waals surface area contributed by atoms with Crippen molar-refractivity contribution >= 4 is 6.09 Å². The predicted molar refractivity (Wildman–Crippen MR) is 46.6 cm³/mol. The fourth-order valence-corrected chi connectivity index (χ4v) is 1.79. The highest BCUT2D eigenvalue weighted by molar-refractivity contribution is 5.64. The van der Waals surface area contributed by atoms with E-state index in [0.717, 1.165) is 25.7 Å². The number of hydrogen-bond donors (Lipinski definition) is 1. The van der Waals surface area contributed by atoms with Gasteiger partial charge in [0.05, 0.1) is 0 Å². The van der Waals surface area contributed by atoms with Crippen LogP contribution in [0.4, 0.5) is 4.79 Å². The molecule has 0 aliphatic heterocycles.